The molecular formula is C12H24N2O2. The van der Waals surface area contributed by atoms with E-state index < -0.39 is 0 Å². The summed E-state index contributed by atoms with van der Waals surface area (Å²) in [6.45, 7) is 2.66. The fraction of sp³-hybridized carbons (Fsp3) is 0.917. The third-order valence-electron chi connectivity index (χ3n) is 2.99. The molecule has 0 aromatic carbocycles. The molecule has 0 bridgehead atoms. The number of ether oxygens (including phenoxy) is 1. The van der Waals surface area contributed by atoms with Crippen LogP contribution in [0.15, 0.2) is 0 Å². The number of nitrogens with one attached hydrogen (secondary N) is 2. The number of rotatable bonds is 7. The van der Waals surface area contributed by atoms with E-state index >= 15 is 0 Å². The van der Waals surface area contributed by atoms with Crippen LogP contribution in [0.25, 0.3) is 0 Å². The zero-order valence-corrected chi connectivity index (χ0v) is 10.3. The Bertz CT molecular complexity index is 191. The molecule has 0 aromatic rings. The predicted octanol–water partition coefficient (Wildman–Crippen LogP) is 1.06. The van der Waals surface area contributed by atoms with E-state index in [4.69, 9.17) is 4.74 Å². The minimum absolute atomic E-state index is 0.0950. The molecule has 1 fully saturated rings. The van der Waals surface area contributed by atoms with Crippen molar-refractivity contribution in [1.82, 2.24) is 10.6 Å². The van der Waals surface area contributed by atoms with Crippen molar-refractivity contribution in [3.8, 4) is 0 Å². The van der Waals surface area contributed by atoms with Crippen LogP contribution in [0.4, 0.5) is 0 Å². The lowest BCUT2D eigenvalue weighted by molar-refractivity contribution is -0.120. The largest absolute Gasteiger partial charge is 0.381 e. The number of piperidine rings is 1. The lowest BCUT2D eigenvalue weighted by Crippen LogP contribution is -2.34. The SMILES string of the molecule is CNC(=O)CCCOCCC1CCCCN1. The van der Waals surface area contributed by atoms with Gasteiger partial charge in [-0.15, -0.1) is 0 Å². The highest BCUT2D eigenvalue weighted by Gasteiger charge is 2.11. The minimum atomic E-state index is 0.0950. The Labute approximate surface area is 98.1 Å². The maximum Gasteiger partial charge on any atom is 0.219 e. The highest BCUT2D eigenvalue weighted by atomic mass is 16.5. The van der Waals surface area contributed by atoms with Crippen LogP contribution in [0, 0.1) is 0 Å². The van der Waals surface area contributed by atoms with Gasteiger partial charge >= 0.3 is 0 Å². The van der Waals surface area contributed by atoms with E-state index in [0.29, 0.717) is 19.1 Å². The molecule has 94 valence electrons. The fourth-order valence-corrected chi connectivity index (χ4v) is 1.96. The molecule has 1 amide bonds. The average molecular weight is 228 g/mol. The van der Waals surface area contributed by atoms with Crippen molar-refractivity contribution in [3.05, 3.63) is 0 Å². The van der Waals surface area contributed by atoms with Crippen LogP contribution in [0.3, 0.4) is 0 Å². The summed E-state index contributed by atoms with van der Waals surface area (Å²) in [7, 11) is 1.66. The number of amides is 1. The summed E-state index contributed by atoms with van der Waals surface area (Å²) in [5.41, 5.74) is 0. The summed E-state index contributed by atoms with van der Waals surface area (Å²) in [4.78, 5) is 10.9. The Morgan fingerprint density at radius 1 is 1.44 bits per heavy atom. The molecule has 0 saturated carbocycles. The van der Waals surface area contributed by atoms with Gasteiger partial charge in [-0.05, 0) is 32.2 Å². The van der Waals surface area contributed by atoms with Crippen molar-refractivity contribution in [2.45, 2.75) is 44.6 Å². The van der Waals surface area contributed by atoms with E-state index in [1.807, 2.05) is 0 Å². The molecule has 4 nitrogen and oxygen atoms in total. The van der Waals surface area contributed by atoms with Crippen molar-refractivity contribution in [3.63, 3.8) is 0 Å². The van der Waals surface area contributed by atoms with E-state index in [2.05, 4.69) is 10.6 Å². The summed E-state index contributed by atoms with van der Waals surface area (Å²) in [5, 5.41) is 6.10. The van der Waals surface area contributed by atoms with E-state index in [0.717, 1.165) is 26.0 Å². The van der Waals surface area contributed by atoms with Crippen molar-refractivity contribution in [1.29, 1.82) is 0 Å². The quantitative estimate of drug-likeness (QED) is 0.641. The zero-order chi connectivity index (χ0) is 11.6. The summed E-state index contributed by atoms with van der Waals surface area (Å²) in [6, 6.07) is 0.646. The van der Waals surface area contributed by atoms with Gasteiger partial charge in [-0.1, -0.05) is 6.42 Å². The van der Waals surface area contributed by atoms with Crippen molar-refractivity contribution < 1.29 is 9.53 Å². The van der Waals surface area contributed by atoms with Gasteiger partial charge in [0.1, 0.15) is 0 Å². The molecule has 1 rings (SSSR count). The highest BCUT2D eigenvalue weighted by Crippen LogP contribution is 2.09. The Morgan fingerprint density at radius 2 is 2.31 bits per heavy atom. The van der Waals surface area contributed by atoms with Crippen LogP contribution in [0.1, 0.15) is 38.5 Å². The Balaban J connectivity index is 1.85. The maximum atomic E-state index is 10.9. The third-order valence-corrected chi connectivity index (χ3v) is 2.99. The van der Waals surface area contributed by atoms with Crippen molar-refractivity contribution >= 4 is 5.91 Å². The maximum absolute atomic E-state index is 10.9. The molecule has 1 unspecified atom stereocenters. The van der Waals surface area contributed by atoms with Crippen LogP contribution >= 0.6 is 0 Å². The Morgan fingerprint density at radius 3 is 3.00 bits per heavy atom. The number of hydrogen-bond donors (Lipinski definition) is 2. The van der Waals surface area contributed by atoms with Gasteiger partial charge in [-0.2, -0.15) is 0 Å². The second-order valence-corrected chi connectivity index (χ2v) is 4.32. The van der Waals surface area contributed by atoms with Gasteiger partial charge in [0.15, 0.2) is 0 Å². The molecule has 0 aliphatic carbocycles. The van der Waals surface area contributed by atoms with Crippen LogP contribution < -0.4 is 10.6 Å². The zero-order valence-electron chi connectivity index (χ0n) is 10.3. The first kappa shape index (κ1) is 13.5. The number of hydrogen-bond acceptors (Lipinski definition) is 3. The van der Waals surface area contributed by atoms with Crippen molar-refractivity contribution in [2.75, 3.05) is 26.8 Å². The van der Waals surface area contributed by atoms with Crippen LogP contribution in [0.2, 0.25) is 0 Å². The molecule has 2 N–H and O–H groups in total. The molecule has 0 spiro atoms. The monoisotopic (exact) mass is 228 g/mol. The molecule has 16 heavy (non-hydrogen) atoms. The molecule has 4 heteroatoms. The van der Waals surface area contributed by atoms with Gasteiger partial charge in [-0.3, -0.25) is 4.79 Å². The standard InChI is InChI=1S/C12H24N2O2/c1-13-12(15)6-4-9-16-10-7-11-5-2-3-8-14-11/h11,14H,2-10H2,1H3,(H,13,15). The lowest BCUT2D eigenvalue weighted by Gasteiger charge is -2.23. The molecule has 1 saturated heterocycles. The van der Waals surface area contributed by atoms with Crippen LogP contribution in [-0.2, 0) is 9.53 Å². The second-order valence-electron chi connectivity index (χ2n) is 4.32. The topological polar surface area (TPSA) is 50.4 Å². The lowest BCUT2D eigenvalue weighted by atomic mass is 10.0. The molecule has 0 radical (unpaired) electrons. The summed E-state index contributed by atoms with van der Waals surface area (Å²) < 4.78 is 5.51. The molecular weight excluding hydrogens is 204 g/mol. The molecule has 1 heterocycles. The first-order valence-electron chi connectivity index (χ1n) is 6.34. The number of carbonyl (C=O) groups is 1. The molecule has 0 aromatic heterocycles. The van der Waals surface area contributed by atoms with Gasteiger partial charge in [-0.25, -0.2) is 0 Å². The summed E-state index contributed by atoms with van der Waals surface area (Å²) in [5.74, 6) is 0.0950. The van der Waals surface area contributed by atoms with Gasteiger partial charge in [0.25, 0.3) is 0 Å². The van der Waals surface area contributed by atoms with E-state index in [9.17, 15) is 4.79 Å². The van der Waals surface area contributed by atoms with Gasteiger partial charge in [0.2, 0.25) is 5.91 Å². The van der Waals surface area contributed by atoms with Crippen molar-refractivity contribution in [2.24, 2.45) is 0 Å². The molecule has 1 atom stereocenters. The predicted molar refractivity (Wildman–Crippen MR) is 64.4 cm³/mol. The second kappa shape index (κ2) is 8.53. The molecule has 1 aliphatic rings. The van der Waals surface area contributed by atoms with E-state index in [1.54, 1.807) is 7.05 Å². The Kier molecular flexibility index (Phi) is 7.17. The highest BCUT2D eigenvalue weighted by molar-refractivity contribution is 5.75. The first-order chi connectivity index (χ1) is 7.83. The average Bonchev–Trinajstić information content (AvgIpc) is 2.34. The van der Waals surface area contributed by atoms with Crippen LogP contribution in [0.5, 0.6) is 0 Å². The summed E-state index contributed by atoms with van der Waals surface area (Å²) >= 11 is 0. The van der Waals surface area contributed by atoms with Crippen LogP contribution in [-0.4, -0.2) is 38.8 Å². The van der Waals surface area contributed by atoms with E-state index in [-0.39, 0.29) is 5.91 Å². The summed E-state index contributed by atoms with van der Waals surface area (Å²) in [6.07, 6.45) is 6.41. The minimum Gasteiger partial charge on any atom is -0.381 e. The van der Waals surface area contributed by atoms with Gasteiger partial charge < -0.3 is 15.4 Å². The first-order valence-corrected chi connectivity index (χ1v) is 6.34. The third kappa shape index (κ3) is 6.08. The number of carbonyl (C=O) groups excluding carboxylic acids is 1. The smallest absolute Gasteiger partial charge is 0.219 e. The van der Waals surface area contributed by atoms with E-state index in [1.165, 1.54) is 19.3 Å². The van der Waals surface area contributed by atoms with Gasteiger partial charge in [0.05, 0.1) is 0 Å². The fourth-order valence-electron chi connectivity index (χ4n) is 1.96. The Hall–Kier alpha value is -0.610. The molecule has 1 aliphatic heterocycles. The normalized spacial score (nSPS) is 20.7. The van der Waals surface area contributed by atoms with Gasteiger partial charge in [0, 0.05) is 32.7 Å².